The molecule has 0 radical (unpaired) electrons. The largest absolute Gasteiger partial charge is 0.494 e. The highest BCUT2D eigenvalue weighted by Gasteiger charge is 2.51. The summed E-state index contributed by atoms with van der Waals surface area (Å²) in [5.41, 5.74) is 0.295. The van der Waals surface area contributed by atoms with Crippen LogP contribution < -0.4 is 5.46 Å². The lowest BCUT2D eigenvalue weighted by Gasteiger charge is -2.32. The van der Waals surface area contributed by atoms with Gasteiger partial charge in [0.1, 0.15) is 5.25 Å². The first-order valence-electron chi connectivity index (χ1n) is 7.36. The van der Waals surface area contributed by atoms with E-state index in [9.17, 15) is 4.79 Å². The summed E-state index contributed by atoms with van der Waals surface area (Å²) in [5, 5.41) is -0.229. The van der Waals surface area contributed by atoms with Crippen molar-refractivity contribution in [2.45, 2.75) is 56.0 Å². The molecule has 1 aliphatic heterocycles. The lowest BCUT2D eigenvalue weighted by atomic mass is 9.79. The van der Waals surface area contributed by atoms with Gasteiger partial charge < -0.3 is 14.0 Å². The van der Waals surface area contributed by atoms with Gasteiger partial charge in [-0.2, -0.15) is 0 Å². The van der Waals surface area contributed by atoms with E-state index in [1.54, 1.807) is 0 Å². The van der Waals surface area contributed by atoms with Crippen molar-refractivity contribution in [1.82, 2.24) is 0 Å². The summed E-state index contributed by atoms with van der Waals surface area (Å²) in [6, 6.07) is 7.91. The van der Waals surface area contributed by atoms with Crippen molar-refractivity contribution in [1.29, 1.82) is 0 Å². The second kappa shape index (κ2) is 6.26. The molecule has 0 N–H and O–H groups in total. The van der Waals surface area contributed by atoms with Crippen LogP contribution in [0.5, 0.6) is 0 Å². The van der Waals surface area contributed by atoms with E-state index in [-0.39, 0.29) is 29.5 Å². The molecule has 2 rings (SSSR count). The van der Waals surface area contributed by atoms with Crippen LogP contribution >= 0.6 is 11.8 Å². The Kier molecular flexibility index (Phi) is 4.95. The van der Waals surface area contributed by atoms with E-state index in [0.717, 1.165) is 10.4 Å². The third kappa shape index (κ3) is 3.50. The minimum Gasteiger partial charge on any atom is -0.468 e. The van der Waals surface area contributed by atoms with Gasteiger partial charge in [0.15, 0.2) is 0 Å². The lowest BCUT2D eigenvalue weighted by molar-refractivity contribution is -0.139. The number of ether oxygens (including phenoxy) is 1. The van der Waals surface area contributed by atoms with Crippen molar-refractivity contribution in [3.63, 3.8) is 0 Å². The molecule has 0 amide bonds. The van der Waals surface area contributed by atoms with Gasteiger partial charge in [-0.25, -0.2) is 0 Å². The number of carbonyl (C=O) groups excluding carboxylic acids is 1. The predicted octanol–water partition coefficient (Wildman–Crippen LogP) is 2.64. The Morgan fingerprint density at radius 3 is 2.09 bits per heavy atom. The van der Waals surface area contributed by atoms with Gasteiger partial charge in [-0.3, -0.25) is 4.79 Å². The molecule has 4 nitrogen and oxygen atoms in total. The number of hydrogen-bond acceptors (Lipinski definition) is 5. The van der Waals surface area contributed by atoms with E-state index in [0.29, 0.717) is 0 Å². The van der Waals surface area contributed by atoms with Crippen molar-refractivity contribution < 1.29 is 18.8 Å². The van der Waals surface area contributed by atoms with Crippen LogP contribution in [0.1, 0.15) is 34.6 Å². The summed E-state index contributed by atoms with van der Waals surface area (Å²) >= 11 is 1.47. The zero-order chi connectivity index (χ0) is 16.5. The molecule has 1 saturated heterocycles. The van der Waals surface area contributed by atoms with Gasteiger partial charge in [0, 0.05) is 4.90 Å². The summed E-state index contributed by atoms with van der Waals surface area (Å²) in [7, 11) is 1.04. The smallest absolute Gasteiger partial charge is 0.468 e. The molecule has 0 bridgehead atoms. The summed E-state index contributed by atoms with van der Waals surface area (Å²) < 4.78 is 16.8. The maximum atomic E-state index is 11.5. The molecule has 1 heterocycles. The molecule has 1 aliphatic rings. The topological polar surface area (TPSA) is 44.8 Å². The van der Waals surface area contributed by atoms with Crippen LogP contribution in [0.3, 0.4) is 0 Å². The zero-order valence-electron chi connectivity index (χ0n) is 14.0. The fraction of sp³-hybridized carbons (Fsp3) is 0.562. The standard InChI is InChI=1S/C16H23BO4S/c1-11(14(18)19-6)22-13-9-7-12(8-10-13)17-20-15(2,3)16(4,5)21-17/h7-11H,1-6H3. The number of benzene rings is 1. The van der Waals surface area contributed by atoms with Crippen molar-refractivity contribution in [3.05, 3.63) is 24.3 Å². The fourth-order valence-electron chi connectivity index (χ4n) is 2.10. The van der Waals surface area contributed by atoms with Gasteiger partial charge in [-0.15, -0.1) is 11.8 Å². The third-order valence-corrected chi connectivity index (χ3v) is 5.34. The molecular weight excluding hydrogens is 299 g/mol. The monoisotopic (exact) mass is 322 g/mol. The Balaban J connectivity index is 2.06. The molecule has 1 aromatic rings. The number of methoxy groups -OCH3 is 1. The summed E-state index contributed by atoms with van der Waals surface area (Å²) in [6.07, 6.45) is 0. The second-order valence-corrected chi connectivity index (χ2v) is 7.85. The molecule has 1 unspecified atom stereocenters. The Morgan fingerprint density at radius 1 is 1.14 bits per heavy atom. The Morgan fingerprint density at radius 2 is 1.64 bits per heavy atom. The molecule has 120 valence electrons. The van der Waals surface area contributed by atoms with E-state index < -0.39 is 0 Å². The van der Waals surface area contributed by atoms with E-state index in [2.05, 4.69) is 0 Å². The van der Waals surface area contributed by atoms with Gasteiger partial charge >= 0.3 is 13.1 Å². The molecule has 1 fully saturated rings. The molecule has 1 aromatic carbocycles. The normalized spacial score (nSPS) is 20.7. The number of rotatable bonds is 4. The third-order valence-electron chi connectivity index (χ3n) is 4.25. The van der Waals surface area contributed by atoms with Crippen molar-refractivity contribution in [2.24, 2.45) is 0 Å². The first-order valence-corrected chi connectivity index (χ1v) is 8.24. The highest BCUT2D eigenvalue weighted by Crippen LogP contribution is 2.36. The number of thioether (sulfide) groups is 1. The number of carbonyl (C=O) groups is 1. The highest BCUT2D eigenvalue weighted by atomic mass is 32.2. The van der Waals surface area contributed by atoms with Gasteiger partial charge in [0.25, 0.3) is 0 Å². The maximum Gasteiger partial charge on any atom is 0.494 e. The van der Waals surface area contributed by atoms with Crippen LogP contribution in [0.4, 0.5) is 0 Å². The van der Waals surface area contributed by atoms with E-state index in [4.69, 9.17) is 14.0 Å². The average molecular weight is 322 g/mol. The summed E-state index contributed by atoms with van der Waals surface area (Å²) in [5.74, 6) is -0.222. The first-order chi connectivity index (χ1) is 10.2. The van der Waals surface area contributed by atoms with Crippen LogP contribution in [-0.2, 0) is 18.8 Å². The van der Waals surface area contributed by atoms with Crippen molar-refractivity contribution in [3.8, 4) is 0 Å². The molecule has 1 atom stereocenters. The van der Waals surface area contributed by atoms with E-state index in [1.807, 2.05) is 58.9 Å². The molecular formula is C16H23BO4S. The fourth-order valence-corrected chi connectivity index (χ4v) is 2.99. The van der Waals surface area contributed by atoms with Gasteiger partial charge in [0.2, 0.25) is 0 Å². The van der Waals surface area contributed by atoms with Crippen LogP contribution in [0.15, 0.2) is 29.2 Å². The van der Waals surface area contributed by atoms with Crippen LogP contribution in [-0.4, -0.2) is 36.6 Å². The molecule has 6 heteroatoms. The summed E-state index contributed by atoms with van der Waals surface area (Å²) in [6.45, 7) is 9.98. The molecule has 0 saturated carbocycles. The summed E-state index contributed by atoms with van der Waals surface area (Å²) in [4.78, 5) is 12.5. The quantitative estimate of drug-likeness (QED) is 0.484. The lowest BCUT2D eigenvalue weighted by Crippen LogP contribution is -2.41. The van der Waals surface area contributed by atoms with Crippen LogP contribution in [0, 0.1) is 0 Å². The van der Waals surface area contributed by atoms with E-state index in [1.165, 1.54) is 18.9 Å². The minimum absolute atomic E-state index is 0.222. The van der Waals surface area contributed by atoms with Crippen molar-refractivity contribution in [2.75, 3.05) is 7.11 Å². The minimum atomic E-state index is -0.359. The van der Waals surface area contributed by atoms with Gasteiger partial charge in [-0.05, 0) is 52.2 Å². The Hall–Kier alpha value is -0.975. The maximum absolute atomic E-state index is 11.5. The highest BCUT2D eigenvalue weighted by molar-refractivity contribution is 8.00. The first kappa shape index (κ1) is 17.4. The number of hydrogen-bond donors (Lipinski definition) is 0. The molecule has 0 spiro atoms. The Labute approximate surface area is 137 Å². The van der Waals surface area contributed by atoms with E-state index >= 15 is 0 Å². The Bertz CT molecular complexity index is 526. The van der Waals surface area contributed by atoms with Gasteiger partial charge in [-0.1, -0.05) is 12.1 Å². The van der Waals surface area contributed by atoms with Gasteiger partial charge in [0.05, 0.1) is 18.3 Å². The second-order valence-electron chi connectivity index (χ2n) is 6.44. The number of esters is 1. The van der Waals surface area contributed by atoms with Crippen molar-refractivity contribution >= 4 is 30.3 Å². The predicted molar refractivity (Wildman–Crippen MR) is 89.5 cm³/mol. The average Bonchev–Trinajstić information content (AvgIpc) is 2.67. The van der Waals surface area contributed by atoms with Crippen LogP contribution in [0.2, 0.25) is 0 Å². The SMILES string of the molecule is COC(=O)C(C)Sc1ccc(B2OC(C)(C)C(C)(C)O2)cc1. The zero-order valence-corrected chi connectivity index (χ0v) is 14.8. The molecule has 0 aliphatic carbocycles. The molecule has 22 heavy (non-hydrogen) atoms. The molecule has 0 aromatic heterocycles. The van der Waals surface area contributed by atoms with Crippen LogP contribution in [0.25, 0.3) is 0 Å².